The molecule has 1 aromatic rings. The highest BCUT2D eigenvalue weighted by atomic mass is 16.7. The van der Waals surface area contributed by atoms with Gasteiger partial charge in [0.15, 0.2) is 0 Å². The summed E-state index contributed by atoms with van der Waals surface area (Å²) in [5.41, 5.74) is 2.10. The van der Waals surface area contributed by atoms with Crippen LogP contribution in [-0.2, 0) is 4.84 Å². The predicted octanol–water partition coefficient (Wildman–Crippen LogP) is 1.73. The van der Waals surface area contributed by atoms with Crippen LogP contribution in [-0.4, -0.2) is 12.7 Å². The molecular weight excluding hydrogens is 194 g/mol. The van der Waals surface area contributed by atoms with Crippen molar-refractivity contribution in [1.29, 1.82) is 0 Å². The van der Waals surface area contributed by atoms with Gasteiger partial charge in [-0.25, -0.2) is 4.79 Å². The number of benzene rings is 1. The maximum absolute atomic E-state index is 11.1. The van der Waals surface area contributed by atoms with Crippen LogP contribution < -0.4 is 10.2 Å². The van der Waals surface area contributed by atoms with E-state index in [9.17, 15) is 4.79 Å². The van der Waals surface area contributed by atoms with Crippen molar-refractivity contribution < 1.29 is 14.4 Å². The number of carbonyl (C=O) groups excluding carboxylic acids is 1. The van der Waals surface area contributed by atoms with Gasteiger partial charge in [0.05, 0.1) is 0 Å². The molecule has 0 radical (unpaired) electrons. The normalized spacial score (nSPS) is 8.60. The van der Waals surface area contributed by atoms with Crippen molar-refractivity contribution >= 4 is 6.09 Å². The number of nitrogens with one attached hydrogen (secondary N) is 1. The maximum atomic E-state index is 11.1. The molecule has 0 saturated heterocycles. The van der Waals surface area contributed by atoms with Gasteiger partial charge >= 0.3 is 6.09 Å². The summed E-state index contributed by atoms with van der Waals surface area (Å²) in [6.07, 6.45) is -0.667. The molecular formula is C11H11NO3. The summed E-state index contributed by atoms with van der Waals surface area (Å²) in [6.45, 7) is 1.83. The van der Waals surface area contributed by atoms with E-state index in [2.05, 4.69) is 17.3 Å². The SMILES string of the molecule is CC#CCONC(=O)Oc1ccccc1. The van der Waals surface area contributed by atoms with E-state index in [1.54, 1.807) is 31.2 Å². The Morgan fingerprint density at radius 3 is 2.80 bits per heavy atom. The first-order chi connectivity index (χ1) is 7.33. The van der Waals surface area contributed by atoms with Crippen molar-refractivity contribution in [1.82, 2.24) is 5.48 Å². The molecule has 1 aromatic carbocycles. The van der Waals surface area contributed by atoms with E-state index in [-0.39, 0.29) is 6.61 Å². The van der Waals surface area contributed by atoms with Gasteiger partial charge in [0.25, 0.3) is 0 Å². The van der Waals surface area contributed by atoms with Gasteiger partial charge in [0, 0.05) is 0 Å². The van der Waals surface area contributed by atoms with E-state index in [1.807, 2.05) is 6.07 Å². The number of hydrogen-bond acceptors (Lipinski definition) is 3. The van der Waals surface area contributed by atoms with Crippen LogP contribution >= 0.6 is 0 Å². The fourth-order valence-corrected chi connectivity index (χ4v) is 0.820. The quantitative estimate of drug-likeness (QED) is 0.464. The third kappa shape index (κ3) is 4.69. The summed E-state index contributed by atoms with van der Waals surface area (Å²) in [7, 11) is 0. The number of para-hydroxylation sites is 1. The Morgan fingerprint density at radius 2 is 2.13 bits per heavy atom. The van der Waals surface area contributed by atoms with Gasteiger partial charge in [0.1, 0.15) is 12.4 Å². The van der Waals surface area contributed by atoms with E-state index >= 15 is 0 Å². The lowest BCUT2D eigenvalue weighted by Crippen LogP contribution is -2.27. The topological polar surface area (TPSA) is 47.6 Å². The average molecular weight is 205 g/mol. The van der Waals surface area contributed by atoms with Gasteiger partial charge in [-0.3, -0.25) is 4.84 Å². The molecule has 0 atom stereocenters. The van der Waals surface area contributed by atoms with Crippen molar-refractivity contribution in [3.05, 3.63) is 30.3 Å². The summed E-state index contributed by atoms with van der Waals surface area (Å²) in [6, 6.07) is 8.72. The number of ether oxygens (including phenoxy) is 1. The maximum Gasteiger partial charge on any atom is 0.436 e. The Morgan fingerprint density at radius 1 is 1.40 bits per heavy atom. The summed E-state index contributed by atoms with van der Waals surface area (Å²) in [5, 5.41) is 0. The number of rotatable bonds is 3. The minimum atomic E-state index is -0.667. The second kappa shape index (κ2) is 6.46. The highest BCUT2D eigenvalue weighted by Crippen LogP contribution is 2.07. The van der Waals surface area contributed by atoms with Crippen LogP contribution in [0.15, 0.2) is 30.3 Å². The van der Waals surface area contributed by atoms with Crippen LogP contribution in [0.2, 0.25) is 0 Å². The van der Waals surface area contributed by atoms with Crippen LogP contribution in [0.25, 0.3) is 0 Å². The molecule has 1 rings (SSSR count). The molecule has 0 unspecified atom stereocenters. The zero-order valence-corrected chi connectivity index (χ0v) is 8.32. The first-order valence-corrected chi connectivity index (χ1v) is 4.37. The highest BCUT2D eigenvalue weighted by molar-refractivity contribution is 5.69. The first-order valence-electron chi connectivity index (χ1n) is 4.37. The van der Waals surface area contributed by atoms with Gasteiger partial charge in [-0.05, 0) is 19.1 Å². The zero-order valence-electron chi connectivity index (χ0n) is 8.32. The Bertz CT molecular complexity index is 364. The molecule has 0 heterocycles. The lowest BCUT2D eigenvalue weighted by Gasteiger charge is -2.04. The monoisotopic (exact) mass is 205 g/mol. The van der Waals surface area contributed by atoms with Crippen molar-refractivity contribution in [3.63, 3.8) is 0 Å². The number of amides is 1. The van der Waals surface area contributed by atoms with E-state index in [0.29, 0.717) is 5.75 Å². The van der Waals surface area contributed by atoms with Crippen molar-refractivity contribution in [2.45, 2.75) is 6.92 Å². The van der Waals surface area contributed by atoms with E-state index in [4.69, 9.17) is 9.57 Å². The zero-order chi connectivity index (χ0) is 10.9. The molecule has 0 spiro atoms. The van der Waals surface area contributed by atoms with E-state index in [1.165, 1.54) is 0 Å². The molecule has 0 aliphatic heterocycles. The second-order valence-corrected chi connectivity index (χ2v) is 2.52. The first kappa shape index (κ1) is 11.1. The Labute approximate surface area is 88.1 Å². The lowest BCUT2D eigenvalue weighted by molar-refractivity contribution is 0.0657. The molecule has 0 bridgehead atoms. The summed E-state index contributed by atoms with van der Waals surface area (Å²) in [4.78, 5) is 15.8. The third-order valence-corrected chi connectivity index (χ3v) is 1.43. The molecule has 0 aliphatic rings. The van der Waals surface area contributed by atoms with Crippen molar-refractivity contribution in [2.75, 3.05) is 6.61 Å². The standard InChI is InChI=1S/C11H11NO3/c1-2-3-9-14-12-11(13)15-10-7-5-4-6-8-10/h4-8H,9H2,1H3,(H,12,13). The fourth-order valence-electron chi connectivity index (χ4n) is 0.820. The van der Waals surface area contributed by atoms with Crippen molar-refractivity contribution in [2.24, 2.45) is 0 Å². The summed E-state index contributed by atoms with van der Waals surface area (Å²) >= 11 is 0. The molecule has 0 aliphatic carbocycles. The van der Waals surface area contributed by atoms with Gasteiger partial charge < -0.3 is 4.74 Å². The largest absolute Gasteiger partial charge is 0.436 e. The molecule has 0 saturated carbocycles. The number of hydroxylamine groups is 1. The van der Waals surface area contributed by atoms with Crippen LogP contribution in [0.1, 0.15) is 6.92 Å². The Hall–Kier alpha value is -1.99. The number of carbonyl (C=O) groups is 1. The Kier molecular flexibility index (Phi) is 4.78. The lowest BCUT2D eigenvalue weighted by atomic mass is 10.3. The average Bonchev–Trinajstić information content (AvgIpc) is 2.26. The third-order valence-electron chi connectivity index (χ3n) is 1.43. The summed E-state index contributed by atoms with van der Waals surface area (Å²) in [5.74, 6) is 5.71. The minimum absolute atomic E-state index is 0.139. The van der Waals surface area contributed by atoms with Gasteiger partial charge in [0.2, 0.25) is 0 Å². The smallest absolute Gasteiger partial charge is 0.409 e. The van der Waals surface area contributed by atoms with E-state index in [0.717, 1.165) is 0 Å². The van der Waals surface area contributed by atoms with Crippen LogP contribution in [0, 0.1) is 11.8 Å². The highest BCUT2D eigenvalue weighted by Gasteiger charge is 2.01. The molecule has 0 fully saturated rings. The van der Waals surface area contributed by atoms with Crippen molar-refractivity contribution in [3.8, 4) is 17.6 Å². The van der Waals surface area contributed by atoms with Gasteiger partial charge in [-0.15, -0.1) is 5.92 Å². The molecule has 0 aromatic heterocycles. The Balaban J connectivity index is 2.27. The van der Waals surface area contributed by atoms with Gasteiger partial charge in [-0.1, -0.05) is 24.1 Å². The second-order valence-electron chi connectivity index (χ2n) is 2.52. The predicted molar refractivity (Wildman–Crippen MR) is 55.0 cm³/mol. The molecule has 15 heavy (non-hydrogen) atoms. The molecule has 4 heteroatoms. The van der Waals surface area contributed by atoms with Crippen LogP contribution in [0.4, 0.5) is 4.79 Å². The van der Waals surface area contributed by atoms with E-state index < -0.39 is 6.09 Å². The summed E-state index contributed by atoms with van der Waals surface area (Å²) < 4.78 is 4.87. The molecule has 1 N–H and O–H groups in total. The van der Waals surface area contributed by atoms with Gasteiger partial charge in [-0.2, -0.15) is 5.48 Å². The number of hydrogen-bond donors (Lipinski definition) is 1. The molecule has 4 nitrogen and oxygen atoms in total. The fraction of sp³-hybridized carbons (Fsp3) is 0.182. The molecule has 78 valence electrons. The molecule has 1 amide bonds. The minimum Gasteiger partial charge on any atom is -0.409 e. The van der Waals surface area contributed by atoms with Crippen LogP contribution in [0.3, 0.4) is 0 Å². The van der Waals surface area contributed by atoms with Crippen LogP contribution in [0.5, 0.6) is 5.75 Å².